The van der Waals surface area contributed by atoms with Crippen LogP contribution in [0.25, 0.3) is 0 Å². The summed E-state index contributed by atoms with van der Waals surface area (Å²) < 4.78 is 0. The summed E-state index contributed by atoms with van der Waals surface area (Å²) in [6, 6.07) is 26.1. The zero-order valence-electron chi connectivity index (χ0n) is 15.0. The molecule has 0 radical (unpaired) electrons. The van der Waals surface area contributed by atoms with Crippen LogP contribution in [0.1, 0.15) is 32.7 Å². The number of anilines is 1. The van der Waals surface area contributed by atoms with Crippen LogP contribution in [0, 0.1) is 0 Å². The molecular weight excluding hydrogens is 336 g/mol. The molecule has 0 fully saturated rings. The number of rotatable bonds is 7. The van der Waals surface area contributed by atoms with Gasteiger partial charge in [0.05, 0.1) is 0 Å². The van der Waals surface area contributed by atoms with Gasteiger partial charge in [0.2, 0.25) is 0 Å². The summed E-state index contributed by atoms with van der Waals surface area (Å²) in [6.45, 7) is 0.615. The Bertz CT molecular complexity index is 875. The van der Waals surface area contributed by atoms with Crippen LogP contribution >= 0.6 is 0 Å². The largest absolute Gasteiger partial charge is 0.352 e. The van der Waals surface area contributed by atoms with Gasteiger partial charge in [0.15, 0.2) is 0 Å². The van der Waals surface area contributed by atoms with Gasteiger partial charge in [0.25, 0.3) is 11.8 Å². The third-order valence-corrected chi connectivity index (χ3v) is 4.21. The van der Waals surface area contributed by atoms with E-state index in [0.717, 1.165) is 18.5 Å². The lowest BCUT2D eigenvalue weighted by Gasteiger charge is -2.07. The summed E-state index contributed by atoms with van der Waals surface area (Å²) >= 11 is 0. The Morgan fingerprint density at radius 2 is 1.22 bits per heavy atom. The molecule has 27 heavy (non-hydrogen) atoms. The molecule has 0 saturated carbocycles. The number of hydrogen-bond acceptors (Lipinski definition) is 2. The van der Waals surface area contributed by atoms with E-state index in [4.69, 9.17) is 0 Å². The van der Waals surface area contributed by atoms with E-state index in [1.807, 2.05) is 48.5 Å². The zero-order valence-corrected chi connectivity index (χ0v) is 15.0. The Labute approximate surface area is 159 Å². The molecule has 0 heterocycles. The number of amides is 2. The fourth-order valence-corrected chi connectivity index (χ4v) is 2.74. The fraction of sp³-hybridized carbons (Fsp3) is 0.130. The van der Waals surface area contributed by atoms with Crippen molar-refractivity contribution in [3.8, 4) is 0 Å². The highest BCUT2D eigenvalue weighted by Gasteiger charge is 2.09. The molecule has 0 spiro atoms. The second kappa shape index (κ2) is 9.34. The topological polar surface area (TPSA) is 58.2 Å². The number of benzene rings is 3. The van der Waals surface area contributed by atoms with Crippen LogP contribution in [-0.2, 0) is 6.42 Å². The number of carbonyl (C=O) groups excluding carboxylic acids is 2. The molecule has 0 aliphatic carbocycles. The van der Waals surface area contributed by atoms with Crippen molar-refractivity contribution in [2.24, 2.45) is 0 Å². The average Bonchev–Trinajstić information content (AvgIpc) is 2.72. The Morgan fingerprint density at radius 3 is 1.85 bits per heavy atom. The molecule has 4 nitrogen and oxygen atoms in total. The van der Waals surface area contributed by atoms with Crippen molar-refractivity contribution < 1.29 is 9.59 Å². The van der Waals surface area contributed by atoms with Crippen LogP contribution in [0.3, 0.4) is 0 Å². The molecule has 0 saturated heterocycles. The number of aryl methyl sites for hydroxylation is 1. The van der Waals surface area contributed by atoms with Crippen molar-refractivity contribution >= 4 is 17.5 Å². The first-order chi connectivity index (χ1) is 13.2. The molecule has 0 aromatic heterocycles. The van der Waals surface area contributed by atoms with Crippen molar-refractivity contribution in [1.82, 2.24) is 5.32 Å². The summed E-state index contributed by atoms with van der Waals surface area (Å²) in [4.78, 5) is 24.4. The fourth-order valence-electron chi connectivity index (χ4n) is 2.74. The molecule has 0 aliphatic rings. The molecule has 0 bridgehead atoms. The summed E-state index contributed by atoms with van der Waals surface area (Å²) in [5.74, 6) is -0.325. The van der Waals surface area contributed by atoms with Crippen LogP contribution < -0.4 is 10.6 Å². The highest BCUT2D eigenvalue weighted by Crippen LogP contribution is 2.10. The van der Waals surface area contributed by atoms with Gasteiger partial charge in [-0.2, -0.15) is 0 Å². The molecule has 0 atom stereocenters. The van der Waals surface area contributed by atoms with Crippen LogP contribution in [-0.4, -0.2) is 18.4 Å². The van der Waals surface area contributed by atoms with Crippen molar-refractivity contribution in [3.05, 3.63) is 102 Å². The van der Waals surface area contributed by atoms with Gasteiger partial charge >= 0.3 is 0 Å². The maximum atomic E-state index is 12.2. The maximum Gasteiger partial charge on any atom is 0.255 e. The van der Waals surface area contributed by atoms with E-state index in [0.29, 0.717) is 17.7 Å². The molecule has 136 valence electrons. The lowest BCUT2D eigenvalue weighted by atomic mass is 10.1. The Balaban J connectivity index is 1.47. The van der Waals surface area contributed by atoms with Gasteiger partial charge in [-0.15, -0.1) is 0 Å². The van der Waals surface area contributed by atoms with Crippen molar-refractivity contribution in [2.45, 2.75) is 12.8 Å². The zero-order chi connectivity index (χ0) is 18.9. The lowest BCUT2D eigenvalue weighted by Crippen LogP contribution is -2.24. The summed E-state index contributed by atoms with van der Waals surface area (Å²) in [6.07, 6.45) is 1.81. The second-order valence-corrected chi connectivity index (χ2v) is 6.24. The van der Waals surface area contributed by atoms with Crippen LogP contribution in [0.5, 0.6) is 0 Å². The molecule has 3 aromatic rings. The molecule has 3 rings (SSSR count). The van der Waals surface area contributed by atoms with Crippen LogP contribution in [0.15, 0.2) is 84.9 Å². The second-order valence-electron chi connectivity index (χ2n) is 6.24. The Morgan fingerprint density at radius 1 is 0.667 bits per heavy atom. The number of para-hydroxylation sites is 1. The first-order valence-electron chi connectivity index (χ1n) is 9.01. The van der Waals surface area contributed by atoms with Gasteiger partial charge < -0.3 is 10.6 Å². The quantitative estimate of drug-likeness (QED) is 0.619. The minimum absolute atomic E-state index is 0.127. The maximum absolute atomic E-state index is 12.2. The van der Waals surface area contributed by atoms with E-state index in [2.05, 4.69) is 22.8 Å². The molecular formula is C23H22N2O2. The first kappa shape index (κ1) is 18.4. The van der Waals surface area contributed by atoms with Gasteiger partial charge in [-0.3, -0.25) is 9.59 Å². The molecule has 2 N–H and O–H groups in total. The Hall–Kier alpha value is -3.40. The number of nitrogens with one attached hydrogen (secondary N) is 2. The van der Waals surface area contributed by atoms with E-state index >= 15 is 0 Å². The van der Waals surface area contributed by atoms with Gasteiger partial charge in [-0.05, 0) is 54.8 Å². The SMILES string of the molecule is O=C(NCCCc1ccccc1)c1ccc(C(=O)Nc2ccccc2)cc1. The minimum Gasteiger partial charge on any atom is -0.352 e. The van der Waals surface area contributed by atoms with E-state index in [9.17, 15) is 9.59 Å². The number of carbonyl (C=O) groups is 2. The van der Waals surface area contributed by atoms with E-state index in [1.165, 1.54) is 5.56 Å². The summed E-state index contributed by atoms with van der Waals surface area (Å²) in [7, 11) is 0. The molecule has 2 amide bonds. The standard InChI is InChI=1S/C23H22N2O2/c26-22(24-17-7-10-18-8-3-1-4-9-18)19-13-15-20(16-14-19)23(27)25-21-11-5-2-6-12-21/h1-6,8-9,11-16H,7,10,17H2,(H,24,26)(H,25,27). The summed E-state index contributed by atoms with van der Waals surface area (Å²) in [5.41, 5.74) is 3.06. The van der Waals surface area contributed by atoms with Gasteiger partial charge in [-0.1, -0.05) is 48.5 Å². The molecule has 0 unspecified atom stereocenters. The van der Waals surface area contributed by atoms with Crippen LogP contribution in [0.2, 0.25) is 0 Å². The highest BCUT2D eigenvalue weighted by atomic mass is 16.2. The van der Waals surface area contributed by atoms with Gasteiger partial charge in [-0.25, -0.2) is 0 Å². The predicted molar refractivity (Wildman–Crippen MR) is 108 cm³/mol. The van der Waals surface area contributed by atoms with Crippen molar-refractivity contribution in [2.75, 3.05) is 11.9 Å². The van der Waals surface area contributed by atoms with Gasteiger partial charge in [0, 0.05) is 23.4 Å². The number of hydrogen-bond donors (Lipinski definition) is 2. The van der Waals surface area contributed by atoms with E-state index in [1.54, 1.807) is 24.3 Å². The van der Waals surface area contributed by atoms with Crippen LogP contribution in [0.4, 0.5) is 5.69 Å². The first-order valence-corrected chi connectivity index (χ1v) is 9.01. The monoisotopic (exact) mass is 358 g/mol. The van der Waals surface area contributed by atoms with Crippen molar-refractivity contribution in [1.29, 1.82) is 0 Å². The Kier molecular flexibility index (Phi) is 6.36. The summed E-state index contributed by atoms with van der Waals surface area (Å²) in [5, 5.41) is 5.74. The van der Waals surface area contributed by atoms with E-state index in [-0.39, 0.29) is 11.8 Å². The average molecular weight is 358 g/mol. The molecule has 4 heteroatoms. The highest BCUT2D eigenvalue weighted by molar-refractivity contribution is 6.05. The minimum atomic E-state index is -0.198. The smallest absolute Gasteiger partial charge is 0.255 e. The third-order valence-electron chi connectivity index (χ3n) is 4.21. The van der Waals surface area contributed by atoms with E-state index < -0.39 is 0 Å². The lowest BCUT2D eigenvalue weighted by molar-refractivity contribution is 0.0951. The van der Waals surface area contributed by atoms with Gasteiger partial charge in [0.1, 0.15) is 0 Å². The molecule has 3 aromatic carbocycles. The normalized spacial score (nSPS) is 10.2. The predicted octanol–water partition coefficient (Wildman–Crippen LogP) is 4.30. The third kappa shape index (κ3) is 5.54. The van der Waals surface area contributed by atoms with Crippen molar-refractivity contribution in [3.63, 3.8) is 0 Å². The molecule has 0 aliphatic heterocycles.